The molecule has 4 heteroatoms. The van der Waals surface area contributed by atoms with Gasteiger partial charge in [0.1, 0.15) is 0 Å². The zero-order chi connectivity index (χ0) is 50.7. The summed E-state index contributed by atoms with van der Waals surface area (Å²) in [5.41, 5.74) is 24.5. The maximum absolute atomic E-state index is 2.75. The molecule has 12 rings (SSSR count). The maximum atomic E-state index is 2.75. The van der Waals surface area contributed by atoms with Crippen LogP contribution in [-0.2, 0) is 43.3 Å². The van der Waals surface area contributed by atoms with Crippen molar-refractivity contribution in [3.05, 3.63) is 136 Å². The summed E-state index contributed by atoms with van der Waals surface area (Å²) in [6.45, 7) is 44.2. The van der Waals surface area contributed by atoms with Crippen molar-refractivity contribution >= 4 is 88.7 Å². The molecule has 1 aromatic heterocycles. The number of benzene rings is 6. The molecule has 0 radical (unpaired) electrons. The highest BCUT2D eigenvalue weighted by Crippen LogP contribution is 2.56. The van der Waals surface area contributed by atoms with Gasteiger partial charge in [0.25, 0.3) is 6.71 Å². The Hall–Kier alpha value is -4.80. The van der Waals surface area contributed by atoms with Crippen LogP contribution < -0.4 is 26.2 Å². The fraction of sp³-hybridized carbons (Fsp3) is 0.463. The van der Waals surface area contributed by atoms with Crippen molar-refractivity contribution in [1.29, 1.82) is 0 Å². The third kappa shape index (κ3) is 6.91. The predicted molar refractivity (Wildman–Crippen MR) is 312 cm³/mol. The molecule has 0 unspecified atom stereocenters. The van der Waals surface area contributed by atoms with Crippen LogP contribution in [0.2, 0.25) is 0 Å². The van der Waals surface area contributed by atoms with Crippen LogP contribution in [0.1, 0.15) is 201 Å². The third-order valence-electron chi connectivity index (χ3n) is 19.1. The second kappa shape index (κ2) is 14.5. The van der Waals surface area contributed by atoms with Gasteiger partial charge in [-0.2, -0.15) is 0 Å². The largest absolute Gasteiger partial charge is 0.311 e. The van der Waals surface area contributed by atoms with Crippen LogP contribution in [0.15, 0.2) is 91.0 Å². The lowest BCUT2D eigenvalue weighted by atomic mass is 9.32. The van der Waals surface area contributed by atoms with Gasteiger partial charge in [-0.3, -0.25) is 0 Å². The lowest BCUT2D eigenvalue weighted by Gasteiger charge is -2.48. The van der Waals surface area contributed by atoms with Crippen molar-refractivity contribution < 1.29 is 0 Å². The number of rotatable bonds is 2. The molecule has 0 fully saturated rings. The number of fused-ring (bicyclic) bond motifs is 10. The van der Waals surface area contributed by atoms with Crippen LogP contribution in [-0.4, -0.2) is 6.71 Å². The summed E-state index contributed by atoms with van der Waals surface area (Å²) >= 11 is 1.96. The normalized spacial score (nSPS) is 20.6. The first-order chi connectivity index (χ1) is 32.9. The van der Waals surface area contributed by atoms with Gasteiger partial charge in [-0.15, -0.1) is 11.3 Å². The number of nitrogens with zero attached hydrogens (tertiary/aromatic N) is 2. The highest BCUT2D eigenvalue weighted by atomic mass is 32.1. The minimum atomic E-state index is -0.104. The van der Waals surface area contributed by atoms with Crippen molar-refractivity contribution in [3.8, 4) is 0 Å². The van der Waals surface area contributed by atoms with E-state index in [4.69, 9.17) is 0 Å². The summed E-state index contributed by atoms with van der Waals surface area (Å²) < 4.78 is 2.72. The fourth-order valence-electron chi connectivity index (χ4n) is 14.6. The van der Waals surface area contributed by atoms with Crippen LogP contribution in [0.5, 0.6) is 0 Å². The van der Waals surface area contributed by atoms with Crippen molar-refractivity contribution in [2.45, 2.75) is 200 Å². The van der Waals surface area contributed by atoms with E-state index in [0.29, 0.717) is 0 Å². The summed E-state index contributed by atoms with van der Waals surface area (Å²) in [7, 11) is 0. The molecule has 0 N–H and O–H groups in total. The van der Waals surface area contributed by atoms with Crippen molar-refractivity contribution in [2.24, 2.45) is 0 Å². The molecule has 0 amide bonds. The van der Waals surface area contributed by atoms with Crippen LogP contribution in [0.4, 0.5) is 34.1 Å². The molecule has 0 saturated heterocycles. The second-order valence-corrected chi connectivity index (χ2v) is 30.2. The van der Waals surface area contributed by atoms with Gasteiger partial charge in [-0.05, 0) is 191 Å². The van der Waals surface area contributed by atoms with E-state index in [2.05, 4.69) is 225 Å². The predicted octanol–water partition coefficient (Wildman–Crippen LogP) is 17.4. The topological polar surface area (TPSA) is 6.48 Å². The molecule has 3 heterocycles. The van der Waals surface area contributed by atoms with Gasteiger partial charge in [-0.25, -0.2) is 0 Å². The quantitative estimate of drug-likeness (QED) is 0.159. The van der Waals surface area contributed by atoms with Crippen LogP contribution >= 0.6 is 11.3 Å². The molecule has 71 heavy (non-hydrogen) atoms. The SMILES string of the molecule is CC(C)(C)c1cc2c3c(c1)N(c1ccc4c(c1)sc1cc(C(C)(C)C)ccc14)c1cc4c(cc1B3c1cc3c(cc1N2c1ccc2c(c1)C(C)(C)CCC2(C)C)C(C)(C)CCC3(C)C)C(C)(C)CC4(C)C. The molecule has 7 aromatic rings. The molecule has 0 bridgehead atoms. The number of hydrogen-bond donors (Lipinski definition) is 0. The highest BCUT2D eigenvalue weighted by molar-refractivity contribution is 7.25. The Morgan fingerprint density at radius 2 is 0.803 bits per heavy atom. The van der Waals surface area contributed by atoms with E-state index in [1.165, 1.54) is 141 Å². The van der Waals surface area contributed by atoms with E-state index in [1.807, 2.05) is 11.3 Å². The first-order valence-corrected chi connectivity index (χ1v) is 28.0. The summed E-state index contributed by atoms with van der Waals surface area (Å²) in [6.07, 6.45) is 5.89. The Morgan fingerprint density at radius 1 is 0.394 bits per heavy atom. The smallest absolute Gasteiger partial charge is 0.252 e. The average Bonchev–Trinajstić information content (AvgIpc) is 3.73. The maximum Gasteiger partial charge on any atom is 0.252 e. The molecule has 0 atom stereocenters. The van der Waals surface area contributed by atoms with E-state index in [0.717, 1.165) is 6.42 Å². The van der Waals surface area contributed by atoms with Gasteiger partial charge in [0.05, 0.1) is 0 Å². The first-order valence-electron chi connectivity index (χ1n) is 27.2. The van der Waals surface area contributed by atoms with Gasteiger partial charge in [0, 0.05) is 54.3 Å². The monoisotopic (exact) mass is 955 g/mol. The molecule has 366 valence electrons. The van der Waals surface area contributed by atoms with E-state index in [9.17, 15) is 0 Å². The van der Waals surface area contributed by atoms with Crippen molar-refractivity contribution in [2.75, 3.05) is 9.80 Å². The molecule has 3 aliphatic carbocycles. The fourth-order valence-corrected chi connectivity index (χ4v) is 15.8. The molecule has 2 nitrogen and oxygen atoms in total. The first kappa shape index (κ1) is 47.2. The van der Waals surface area contributed by atoms with E-state index in [1.54, 1.807) is 0 Å². The number of hydrogen-bond acceptors (Lipinski definition) is 3. The van der Waals surface area contributed by atoms with Gasteiger partial charge in [0.2, 0.25) is 0 Å². The molecular weight excluding hydrogens is 876 g/mol. The lowest BCUT2D eigenvalue weighted by Crippen LogP contribution is -2.62. The standard InChI is InChI=1S/C67H79BN2S/c1-60(2,3)39-19-22-43-44-23-20-42(33-58(44)71-57(43)31-39)70-54-37-50-48(66(15,16)38-67(50,17)18)35-52(54)68-51-34-47-49(65(13,14)28-27-64(47,11)12)36-53(51)69(55-29-40(61(4,5)6)30-56(70)59(55)68)41-21-24-45-46(32-41)63(9,10)26-25-62(45,7)8/h19-24,29-37H,25-28,38H2,1-18H3. The molecule has 2 aliphatic heterocycles. The highest BCUT2D eigenvalue weighted by Gasteiger charge is 2.50. The van der Waals surface area contributed by atoms with E-state index >= 15 is 0 Å². The molecule has 0 spiro atoms. The molecule has 6 aromatic carbocycles. The average molecular weight is 955 g/mol. The van der Waals surface area contributed by atoms with Gasteiger partial charge in [0.15, 0.2) is 0 Å². The third-order valence-corrected chi connectivity index (χ3v) is 20.2. The van der Waals surface area contributed by atoms with E-state index < -0.39 is 0 Å². The van der Waals surface area contributed by atoms with Gasteiger partial charge >= 0.3 is 0 Å². The molecular formula is C67H79BN2S. The Balaban J connectivity index is 1.21. The van der Waals surface area contributed by atoms with Crippen molar-refractivity contribution in [3.63, 3.8) is 0 Å². The summed E-state index contributed by atoms with van der Waals surface area (Å²) in [5.74, 6) is 0. The minimum absolute atomic E-state index is 0.0448. The summed E-state index contributed by atoms with van der Waals surface area (Å²) in [5, 5.41) is 2.71. The Labute approximate surface area is 431 Å². The van der Waals surface area contributed by atoms with Crippen LogP contribution in [0, 0.1) is 0 Å². The minimum Gasteiger partial charge on any atom is -0.311 e. The van der Waals surface area contributed by atoms with Gasteiger partial charge in [-0.1, -0.05) is 161 Å². The molecule has 0 saturated carbocycles. The van der Waals surface area contributed by atoms with Gasteiger partial charge < -0.3 is 9.80 Å². The second-order valence-electron chi connectivity index (χ2n) is 29.1. The number of anilines is 6. The molecule has 5 aliphatic rings. The Morgan fingerprint density at radius 3 is 1.32 bits per heavy atom. The van der Waals surface area contributed by atoms with Crippen molar-refractivity contribution in [1.82, 2.24) is 0 Å². The Kier molecular flexibility index (Phi) is 9.64. The van der Waals surface area contributed by atoms with Crippen LogP contribution in [0.3, 0.4) is 0 Å². The Bertz CT molecular complexity index is 3450. The van der Waals surface area contributed by atoms with Crippen LogP contribution in [0.25, 0.3) is 20.2 Å². The van der Waals surface area contributed by atoms with E-state index in [-0.39, 0.29) is 50.0 Å². The lowest BCUT2D eigenvalue weighted by molar-refractivity contribution is 0.332. The summed E-state index contributed by atoms with van der Waals surface area (Å²) in [4.78, 5) is 5.47. The number of thiophene rings is 1. The zero-order valence-electron chi connectivity index (χ0n) is 46.6. The summed E-state index contributed by atoms with van der Waals surface area (Å²) in [6, 6.07) is 38.2. The zero-order valence-corrected chi connectivity index (χ0v) is 47.4.